The van der Waals surface area contributed by atoms with Crippen LogP contribution in [0.5, 0.6) is 0 Å². The fourth-order valence-electron chi connectivity index (χ4n) is 3.67. The van der Waals surface area contributed by atoms with Crippen LogP contribution in [0.4, 0.5) is 14.9 Å². The zero-order valence-corrected chi connectivity index (χ0v) is 16.7. The molecule has 4 amide bonds. The zero-order valence-electron chi connectivity index (χ0n) is 16.7. The number of nitrogens with one attached hydrogen (secondary N) is 2. The summed E-state index contributed by atoms with van der Waals surface area (Å²) in [7, 11) is 0. The van der Waals surface area contributed by atoms with Gasteiger partial charge in [0.25, 0.3) is 5.91 Å². The maximum Gasteiger partial charge on any atom is 0.325 e. The molecule has 2 aromatic carbocycles. The molecule has 7 heteroatoms. The Morgan fingerprint density at radius 2 is 1.83 bits per heavy atom. The summed E-state index contributed by atoms with van der Waals surface area (Å²) in [6, 6.07) is 10.5. The Morgan fingerprint density at radius 1 is 1.14 bits per heavy atom. The minimum atomic E-state index is -1.30. The van der Waals surface area contributed by atoms with E-state index in [1.165, 1.54) is 24.3 Å². The minimum Gasteiger partial charge on any atom is -0.324 e. The van der Waals surface area contributed by atoms with Gasteiger partial charge in [-0.25, -0.2) is 9.18 Å². The molecule has 1 atom stereocenters. The van der Waals surface area contributed by atoms with Crippen molar-refractivity contribution in [3.8, 4) is 0 Å². The number of imide groups is 1. The van der Waals surface area contributed by atoms with E-state index >= 15 is 0 Å². The maximum atomic E-state index is 13.3. The SMILES string of the molecule is CCc1cccc(C)c1NC(=O)CN1C(=O)N[C@](CC)(c2ccc(F)cc2)C1=O. The number of benzene rings is 2. The van der Waals surface area contributed by atoms with Crippen LogP contribution in [0.1, 0.15) is 37.0 Å². The quantitative estimate of drug-likeness (QED) is 0.733. The first-order valence-electron chi connectivity index (χ1n) is 9.61. The number of halogens is 1. The van der Waals surface area contributed by atoms with Crippen molar-refractivity contribution >= 4 is 23.5 Å². The van der Waals surface area contributed by atoms with Gasteiger partial charge in [-0.3, -0.25) is 14.5 Å². The third kappa shape index (κ3) is 3.72. The lowest BCUT2D eigenvalue weighted by atomic mass is 9.87. The standard InChI is InChI=1S/C22H24FN3O3/c1-4-15-8-6-7-14(3)19(15)24-18(27)13-26-20(28)22(5-2,25-21(26)29)16-9-11-17(23)12-10-16/h6-12H,4-5,13H2,1-3H3,(H,24,27)(H,25,29)/t22-/m1/s1. The molecule has 152 valence electrons. The summed E-state index contributed by atoms with van der Waals surface area (Å²) in [6.07, 6.45) is 1.02. The minimum absolute atomic E-state index is 0.277. The van der Waals surface area contributed by atoms with Gasteiger partial charge >= 0.3 is 6.03 Å². The van der Waals surface area contributed by atoms with Gasteiger partial charge in [0.15, 0.2) is 0 Å². The van der Waals surface area contributed by atoms with E-state index in [1.54, 1.807) is 6.92 Å². The number of hydrogen-bond acceptors (Lipinski definition) is 3. The van der Waals surface area contributed by atoms with Crippen molar-refractivity contribution in [2.75, 3.05) is 11.9 Å². The van der Waals surface area contributed by atoms with Gasteiger partial charge in [0, 0.05) is 5.69 Å². The number of carbonyl (C=O) groups excluding carboxylic acids is 3. The van der Waals surface area contributed by atoms with Gasteiger partial charge in [0.05, 0.1) is 0 Å². The number of aryl methyl sites for hydroxylation is 2. The van der Waals surface area contributed by atoms with Crippen molar-refractivity contribution in [1.29, 1.82) is 0 Å². The number of para-hydroxylation sites is 1. The summed E-state index contributed by atoms with van der Waals surface area (Å²) in [5.41, 5.74) is 1.76. The van der Waals surface area contributed by atoms with Gasteiger partial charge in [-0.15, -0.1) is 0 Å². The van der Waals surface area contributed by atoms with Crippen molar-refractivity contribution < 1.29 is 18.8 Å². The Balaban J connectivity index is 1.81. The van der Waals surface area contributed by atoms with Crippen molar-refractivity contribution in [3.63, 3.8) is 0 Å². The normalized spacial score (nSPS) is 18.7. The Hall–Kier alpha value is -3.22. The van der Waals surface area contributed by atoms with Gasteiger partial charge in [-0.2, -0.15) is 0 Å². The van der Waals surface area contributed by atoms with Gasteiger partial charge in [-0.05, 0) is 48.6 Å². The fourth-order valence-corrected chi connectivity index (χ4v) is 3.67. The molecular formula is C22H24FN3O3. The lowest BCUT2D eigenvalue weighted by Crippen LogP contribution is -2.44. The fraction of sp³-hybridized carbons (Fsp3) is 0.318. The molecule has 1 saturated heterocycles. The van der Waals surface area contributed by atoms with Crippen LogP contribution in [0, 0.1) is 12.7 Å². The van der Waals surface area contributed by atoms with Crippen LogP contribution in [-0.4, -0.2) is 29.3 Å². The van der Waals surface area contributed by atoms with Crippen LogP contribution in [0.15, 0.2) is 42.5 Å². The van der Waals surface area contributed by atoms with E-state index in [4.69, 9.17) is 0 Å². The number of anilines is 1. The summed E-state index contributed by atoms with van der Waals surface area (Å²) < 4.78 is 13.3. The maximum absolute atomic E-state index is 13.3. The molecule has 0 unspecified atom stereocenters. The molecule has 1 aliphatic rings. The second-order valence-corrected chi connectivity index (χ2v) is 7.10. The largest absolute Gasteiger partial charge is 0.325 e. The summed E-state index contributed by atoms with van der Waals surface area (Å²) in [5.74, 6) is -1.41. The number of carbonyl (C=O) groups is 3. The van der Waals surface area contributed by atoms with E-state index in [9.17, 15) is 18.8 Å². The van der Waals surface area contributed by atoms with Crippen LogP contribution in [0.2, 0.25) is 0 Å². The van der Waals surface area contributed by atoms with Crippen molar-refractivity contribution in [1.82, 2.24) is 10.2 Å². The number of nitrogens with zero attached hydrogens (tertiary/aromatic N) is 1. The van der Waals surface area contributed by atoms with Gasteiger partial charge in [0.1, 0.15) is 17.9 Å². The molecule has 0 spiro atoms. The average Bonchev–Trinajstić information content (AvgIpc) is 2.95. The Bertz CT molecular complexity index is 958. The van der Waals surface area contributed by atoms with Gasteiger partial charge in [0.2, 0.25) is 5.91 Å². The monoisotopic (exact) mass is 397 g/mol. The smallest absolute Gasteiger partial charge is 0.324 e. The Labute approximate surface area is 169 Å². The molecule has 0 bridgehead atoms. The van der Waals surface area contributed by atoms with Crippen LogP contribution < -0.4 is 10.6 Å². The summed E-state index contributed by atoms with van der Waals surface area (Å²) >= 11 is 0. The average molecular weight is 397 g/mol. The number of amides is 4. The lowest BCUT2D eigenvalue weighted by molar-refractivity contribution is -0.134. The molecule has 2 N–H and O–H groups in total. The number of rotatable bonds is 6. The summed E-state index contributed by atoms with van der Waals surface area (Å²) in [6.45, 7) is 5.23. The topological polar surface area (TPSA) is 78.5 Å². The first-order chi connectivity index (χ1) is 13.8. The van der Waals surface area contributed by atoms with Crippen LogP contribution >= 0.6 is 0 Å². The van der Waals surface area contributed by atoms with Gasteiger partial charge in [-0.1, -0.05) is 44.2 Å². The van der Waals surface area contributed by atoms with Crippen LogP contribution in [0.3, 0.4) is 0 Å². The first-order valence-corrected chi connectivity index (χ1v) is 9.61. The van der Waals surface area contributed by atoms with E-state index in [0.29, 0.717) is 11.3 Å². The molecule has 0 saturated carbocycles. The predicted molar refractivity (Wildman–Crippen MR) is 108 cm³/mol. The Kier molecular flexibility index (Phi) is 5.68. The molecule has 1 heterocycles. The molecule has 1 fully saturated rings. The number of hydrogen-bond donors (Lipinski definition) is 2. The highest BCUT2D eigenvalue weighted by atomic mass is 19.1. The first kappa shape index (κ1) is 20.5. The highest BCUT2D eigenvalue weighted by Gasteiger charge is 2.51. The van der Waals surface area contributed by atoms with Gasteiger partial charge < -0.3 is 10.6 Å². The highest BCUT2D eigenvalue weighted by molar-refractivity contribution is 6.10. The predicted octanol–water partition coefficient (Wildman–Crippen LogP) is 3.49. The van der Waals surface area contributed by atoms with Crippen LogP contribution in [-0.2, 0) is 21.5 Å². The molecular weight excluding hydrogens is 373 g/mol. The second kappa shape index (κ2) is 8.03. The molecule has 29 heavy (non-hydrogen) atoms. The van der Waals surface area contributed by atoms with E-state index in [2.05, 4.69) is 10.6 Å². The molecule has 0 aromatic heterocycles. The third-order valence-corrected chi connectivity index (χ3v) is 5.35. The molecule has 0 radical (unpaired) electrons. The van der Waals surface area contributed by atoms with Crippen molar-refractivity contribution in [2.24, 2.45) is 0 Å². The highest BCUT2D eigenvalue weighted by Crippen LogP contribution is 2.32. The molecule has 1 aliphatic heterocycles. The Morgan fingerprint density at radius 3 is 2.45 bits per heavy atom. The molecule has 6 nitrogen and oxygen atoms in total. The van der Waals surface area contributed by atoms with Crippen molar-refractivity contribution in [2.45, 2.75) is 39.2 Å². The molecule has 0 aliphatic carbocycles. The van der Waals surface area contributed by atoms with E-state index in [0.717, 1.165) is 22.4 Å². The van der Waals surface area contributed by atoms with Crippen LogP contribution in [0.25, 0.3) is 0 Å². The third-order valence-electron chi connectivity index (χ3n) is 5.35. The second-order valence-electron chi connectivity index (χ2n) is 7.10. The molecule has 2 aromatic rings. The van der Waals surface area contributed by atoms with E-state index in [-0.39, 0.29) is 6.42 Å². The van der Waals surface area contributed by atoms with E-state index < -0.39 is 35.7 Å². The van der Waals surface area contributed by atoms with E-state index in [1.807, 2.05) is 32.0 Å². The summed E-state index contributed by atoms with van der Waals surface area (Å²) in [4.78, 5) is 39.2. The lowest BCUT2D eigenvalue weighted by Gasteiger charge is -2.25. The summed E-state index contributed by atoms with van der Waals surface area (Å²) in [5, 5.41) is 5.52. The number of urea groups is 1. The van der Waals surface area contributed by atoms with Crippen molar-refractivity contribution in [3.05, 3.63) is 65.0 Å². The molecule has 3 rings (SSSR count). The zero-order chi connectivity index (χ0) is 21.2.